The molecular weight excluding hydrogens is 594 g/mol. The second kappa shape index (κ2) is 11.6. The third kappa shape index (κ3) is 5.14. The van der Waals surface area contributed by atoms with Gasteiger partial charge in [-0.3, -0.25) is 23.7 Å². The van der Waals surface area contributed by atoms with Gasteiger partial charge in [-0.2, -0.15) is 0 Å². The van der Waals surface area contributed by atoms with E-state index in [9.17, 15) is 24.0 Å². The normalized spacial score (nSPS) is 19.1. The Balaban J connectivity index is 1.32. The number of benzene rings is 2. The monoisotopic (exact) mass is 619 g/mol. The van der Waals surface area contributed by atoms with E-state index < -0.39 is 40.8 Å². The van der Waals surface area contributed by atoms with Crippen LogP contribution in [0.4, 0.5) is 11.4 Å². The molecule has 0 radical (unpaired) electrons. The number of imide groups is 1. The van der Waals surface area contributed by atoms with Gasteiger partial charge in [-0.15, -0.1) is 0 Å². The van der Waals surface area contributed by atoms with Crippen molar-refractivity contribution in [1.82, 2.24) is 4.57 Å². The number of amides is 3. The Kier molecular flexibility index (Phi) is 7.67. The van der Waals surface area contributed by atoms with Crippen LogP contribution in [0.3, 0.4) is 0 Å². The second-order valence-corrected chi connectivity index (χ2v) is 11.9. The lowest BCUT2D eigenvalue weighted by molar-refractivity contribution is -0.122. The molecule has 0 spiro atoms. The molecule has 1 saturated heterocycles. The number of nitrogens with one attached hydrogen (secondary N) is 1. The molecule has 0 aliphatic carbocycles. The number of thiazole rings is 1. The number of ether oxygens (including phenoxy) is 2. The minimum absolute atomic E-state index is 0.219. The van der Waals surface area contributed by atoms with Crippen LogP contribution in [0, 0.1) is 5.92 Å². The summed E-state index contributed by atoms with van der Waals surface area (Å²) < 4.78 is 17.2. The average Bonchev–Trinajstić information content (AvgIpc) is 3.71. The zero-order valence-electron chi connectivity index (χ0n) is 23.0. The van der Waals surface area contributed by atoms with Crippen LogP contribution < -0.4 is 19.8 Å². The summed E-state index contributed by atoms with van der Waals surface area (Å²) in [5.74, 6) is -2.32. The Bertz CT molecular complexity index is 1760. The van der Waals surface area contributed by atoms with E-state index in [0.717, 1.165) is 28.0 Å². The quantitative estimate of drug-likeness (QED) is 0.228. The average molecular weight is 620 g/mol. The molecule has 1 N–H and O–H groups in total. The van der Waals surface area contributed by atoms with E-state index in [0.29, 0.717) is 38.4 Å². The number of methoxy groups -OCH3 is 1. The lowest BCUT2D eigenvalue weighted by atomic mass is 9.87. The molecule has 4 heterocycles. The first-order valence-corrected chi connectivity index (χ1v) is 15.0. The van der Waals surface area contributed by atoms with Crippen molar-refractivity contribution in [2.45, 2.75) is 29.7 Å². The van der Waals surface area contributed by atoms with Gasteiger partial charge in [0.15, 0.2) is 0 Å². The van der Waals surface area contributed by atoms with Crippen LogP contribution in [0.1, 0.15) is 33.8 Å². The number of anilines is 2. The molecule has 43 heavy (non-hydrogen) atoms. The van der Waals surface area contributed by atoms with E-state index in [1.54, 1.807) is 50.4 Å². The van der Waals surface area contributed by atoms with Crippen molar-refractivity contribution in [2.24, 2.45) is 5.92 Å². The van der Waals surface area contributed by atoms with E-state index in [-0.39, 0.29) is 18.0 Å². The molecule has 220 valence electrons. The van der Waals surface area contributed by atoms with Crippen LogP contribution in [0.25, 0.3) is 0 Å². The van der Waals surface area contributed by atoms with Gasteiger partial charge in [0.25, 0.3) is 0 Å². The lowest BCUT2D eigenvalue weighted by Crippen LogP contribution is -2.32. The van der Waals surface area contributed by atoms with Gasteiger partial charge in [-0.05, 0) is 67.6 Å². The van der Waals surface area contributed by atoms with E-state index >= 15 is 0 Å². The highest BCUT2D eigenvalue weighted by Gasteiger charge is 2.57. The summed E-state index contributed by atoms with van der Waals surface area (Å²) in [5.41, 5.74) is 1.14. The predicted octanol–water partition coefficient (Wildman–Crippen LogP) is 4.12. The molecule has 2 aliphatic heterocycles. The molecule has 0 bridgehead atoms. The fraction of sp³-hybridized carbons (Fsp3) is 0.233. The van der Waals surface area contributed by atoms with Gasteiger partial charge in [-0.25, -0.2) is 9.69 Å². The number of carbonyl (C=O) groups is 4. The van der Waals surface area contributed by atoms with Gasteiger partial charge in [0.2, 0.25) is 17.7 Å². The maximum Gasteiger partial charge on any atom is 0.338 e. The Morgan fingerprint density at radius 1 is 1.00 bits per heavy atom. The smallest absolute Gasteiger partial charge is 0.338 e. The number of hydrogen-bond donors (Lipinski definition) is 1. The van der Waals surface area contributed by atoms with Crippen molar-refractivity contribution < 1.29 is 33.1 Å². The van der Waals surface area contributed by atoms with Crippen molar-refractivity contribution in [3.05, 3.63) is 92.8 Å². The third-order valence-electron chi connectivity index (χ3n) is 7.21. The van der Waals surface area contributed by atoms with Crippen molar-refractivity contribution in [3.8, 4) is 5.75 Å². The number of nitrogens with zero attached hydrogens (tertiary/aromatic N) is 2. The predicted molar refractivity (Wildman–Crippen MR) is 159 cm³/mol. The Labute approximate surface area is 253 Å². The summed E-state index contributed by atoms with van der Waals surface area (Å²) in [7, 11) is 1.54. The number of carbonyl (C=O) groups excluding carboxylic acids is 4. The largest absolute Gasteiger partial charge is 0.497 e. The molecule has 11 nitrogen and oxygen atoms in total. The Hall–Kier alpha value is -4.62. The molecule has 2 aromatic heterocycles. The van der Waals surface area contributed by atoms with Gasteiger partial charge in [-0.1, -0.05) is 23.1 Å². The molecule has 3 atom stereocenters. The summed E-state index contributed by atoms with van der Waals surface area (Å²) >= 11 is 2.04. The number of aromatic nitrogens is 1. The molecule has 6 rings (SSSR count). The zero-order chi connectivity index (χ0) is 30.2. The number of furan rings is 1. The SMILES string of the molecule is CCOC(=O)c1ccc(N2C(=O)C3Sc4c(sc(=O)n4CC(=O)Nc4ccc(OC)cc4)C(c4ccco4)C3C2=O)cc1. The van der Waals surface area contributed by atoms with Gasteiger partial charge in [0.1, 0.15) is 23.3 Å². The highest BCUT2D eigenvalue weighted by Crippen LogP contribution is 2.53. The fourth-order valence-electron chi connectivity index (χ4n) is 5.26. The molecule has 1 fully saturated rings. The number of esters is 1. The first kappa shape index (κ1) is 28.5. The number of fused-ring (bicyclic) bond motifs is 2. The van der Waals surface area contributed by atoms with Gasteiger partial charge >= 0.3 is 10.8 Å². The maximum absolute atomic E-state index is 13.9. The van der Waals surface area contributed by atoms with Crippen molar-refractivity contribution in [1.29, 1.82) is 0 Å². The van der Waals surface area contributed by atoms with Crippen LogP contribution >= 0.6 is 23.1 Å². The molecule has 13 heteroatoms. The molecule has 3 amide bonds. The topological polar surface area (TPSA) is 137 Å². The fourth-order valence-corrected chi connectivity index (χ4v) is 8.02. The van der Waals surface area contributed by atoms with Gasteiger partial charge in [0, 0.05) is 5.69 Å². The van der Waals surface area contributed by atoms with Crippen molar-refractivity contribution in [3.63, 3.8) is 0 Å². The third-order valence-corrected chi connectivity index (χ3v) is 9.81. The van der Waals surface area contributed by atoms with E-state index in [1.165, 1.54) is 35.1 Å². The van der Waals surface area contributed by atoms with E-state index in [1.807, 2.05) is 0 Å². The minimum atomic E-state index is -0.871. The summed E-state index contributed by atoms with van der Waals surface area (Å²) in [6, 6.07) is 16.2. The van der Waals surface area contributed by atoms with Crippen molar-refractivity contribution >= 4 is 58.2 Å². The molecular formula is C30H25N3O8S2. The maximum atomic E-state index is 13.9. The van der Waals surface area contributed by atoms with Crippen LogP contribution in [0.15, 0.2) is 81.2 Å². The standard InChI is InChI=1S/C30H25N3O8S2/c1-3-40-29(37)16-6-10-18(11-7-16)33-26(35)23-22(20-5-4-14-41-20)25-28(42-24(23)27(33)36)32(30(38)43-25)15-21(34)31-17-8-12-19(39-2)13-9-17/h4-14,22-24H,3,15H2,1-2H3,(H,31,34). The van der Waals surface area contributed by atoms with Crippen molar-refractivity contribution in [2.75, 3.05) is 23.9 Å². The number of thioether (sulfide) groups is 1. The summed E-state index contributed by atoms with van der Waals surface area (Å²) in [5, 5.41) is 2.35. The van der Waals surface area contributed by atoms with Gasteiger partial charge < -0.3 is 19.2 Å². The van der Waals surface area contributed by atoms with Crippen LogP contribution in [-0.4, -0.2) is 47.2 Å². The zero-order valence-corrected chi connectivity index (χ0v) is 24.6. The summed E-state index contributed by atoms with van der Waals surface area (Å²) in [6.45, 7) is 1.64. The first-order valence-electron chi connectivity index (χ1n) is 13.3. The lowest BCUT2D eigenvalue weighted by Gasteiger charge is -2.29. The highest BCUT2D eigenvalue weighted by atomic mass is 32.2. The van der Waals surface area contributed by atoms with Crippen LogP contribution in [0.2, 0.25) is 0 Å². The van der Waals surface area contributed by atoms with Crippen LogP contribution in [-0.2, 0) is 25.7 Å². The second-order valence-electron chi connectivity index (χ2n) is 9.74. The van der Waals surface area contributed by atoms with E-state index in [4.69, 9.17) is 13.9 Å². The molecule has 0 saturated carbocycles. The number of hydrogen-bond acceptors (Lipinski definition) is 10. The first-order chi connectivity index (χ1) is 20.8. The minimum Gasteiger partial charge on any atom is -0.497 e. The highest BCUT2D eigenvalue weighted by molar-refractivity contribution is 8.00. The Morgan fingerprint density at radius 3 is 2.40 bits per heavy atom. The Morgan fingerprint density at radius 2 is 1.74 bits per heavy atom. The number of rotatable bonds is 8. The molecule has 4 aromatic rings. The molecule has 2 aromatic carbocycles. The van der Waals surface area contributed by atoms with Gasteiger partial charge in [0.05, 0.1) is 53.0 Å². The molecule has 2 aliphatic rings. The summed E-state index contributed by atoms with van der Waals surface area (Å²) in [6.07, 6.45) is 1.47. The van der Waals surface area contributed by atoms with Crippen LogP contribution in [0.5, 0.6) is 5.75 Å². The van der Waals surface area contributed by atoms with E-state index in [2.05, 4.69) is 5.32 Å². The summed E-state index contributed by atoms with van der Waals surface area (Å²) in [4.78, 5) is 67.3. The molecule has 3 unspecified atom stereocenters.